The lowest BCUT2D eigenvalue weighted by Gasteiger charge is -2.32. The summed E-state index contributed by atoms with van der Waals surface area (Å²) in [6.07, 6.45) is 4.48. The van der Waals surface area contributed by atoms with Gasteiger partial charge in [-0.25, -0.2) is 0 Å². The molecule has 4 heterocycles. The normalized spacial score (nSPS) is 15.4. The Morgan fingerprint density at radius 1 is 1.14 bits per heavy atom. The van der Waals surface area contributed by atoms with Crippen molar-refractivity contribution in [2.24, 2.45) is 5.41 Å². The van der Waals surface area contributed by atoms with Gasteiger partial charge in [-0.2, -0.15) is 0 Å². The zero-order valence-corrected chi connectivity index (χ0v) is 21.1. The van der Waals surface area contributed by atoms with Crippen LogP contribution in [0.4, 0.5) is 5.69 Å². The molecule has 2 aromatic heterocycles. The third-order valence-corrected chi connectivity index (χ3v) is 6.70. The van der Waals surface area contributed by atoms with Crippen LogP contribution < -0.4 is 15.0 Å². The lowest BCUT2D eigenvalue weighted by molar-refractivity contribution is 0.0930. The minimum atomic E-state index is -0.0401. The number of amides is 1. The summed E-state index contributed by atoms with van der Waals surface area (Å²) < 4.78 is 13.6. The Labute approximate surface area is 207 Å². The highest BCUT2D eigenvalue weighted by atomic mass is 16.5. The molecule has 0 radical (unpaired) electrons. The lowest BCUT2D eigenvalue weighted by Crippen LogP contribution is -2.36. The summed E-state index contributed by atoms with van der Waals surface area (Å²) in [6.45, 7) is 10.8. The topological polar surface area (TPSA) is 68.6 Å². The number of carbonyl (C=O) groups excluding carboxylic acids is 1. The van der Waals surface area contributed by atoms with Crippen molar-refractivity contribution in [1.82, 2.24) is 14.9 Å². The van der Waals surface area contributed by atoms with E-state index >= 15 is 0 Å². The SMILES string of the molecule is COc1cc2c(cc1N1CCOCC1)-c1c(-c3cccnc3)cc(C(=O)NCC(C)(C)C)n1CC2. The van der Waals surface area contributed by atoms with Crippen LogP contribution in [0.3, 0.4) is 0 Å². The number of fused-ring (bicyclic) bond motifs is 3. The summed E-state index contributed by atoms with van der Waals surface area (Å²) in [5.41, 5.74) is 7.24. The summed E-state index contributed by atoms with van der Waals surface area (Å²) in [5, 5.41) is 3.14. The van der Waals surface area contributed by atoms with Crippen molar-refractivity contribution in [2.45, 2.75) is 33.7 Å². The Bertz CT molecular complexity index is 1220. The second-order valence-corrected chi connectivity index (χ2v) is 10.5. The second kappa shape index (κ2) is 9.38. The zero-order chi connectivity index (χ0) is 24.6. The predicted molar refractivity (Wildman–Crippen MR) is 138 cm³/mol. The quantitative estimate of drug-likeness (QED) is 0.594. The Kier molecular flexibility index (Phi) is 6.28. The molecule has 2 aliphatic rings. The van der Waals surface area contributed by atoms with Gasteiger partial charge in [0.05, 0.1) is 31.7 Å². The van der Waals surface area contributed by atoms with E-state index in [1.807, 2.05) is 18.3 Å². The van der Waals surface area contributed by atoms with Gasteiger partial charge in [0.25, 0.3) is 5.91 Å². The van der Waals surface area contributed by atoms with Crippen LogP contribution in [0.15, 0.2) is 42.7 Å². The summed E-state index contributed by atoms with van der Waals surface area (Å²) in [7, 11) is 1.73. The average molecular weight is 475 g/mol. The molecule has 184 valence electrons. The van der Waals surface area contributed by atoms with E-state index in [0.717, 1.165) is 59.9 Å². The first-order valence-electron chi connectivity index (χ1n) is 12.3. The van der Waals surface area contributed by atoms with Crippen LogP contribution in [0.2, 0.25) is 0 Å². The zero-order valence-electron chi connectivity index (χ0n) is 21.1. The molecule has 7 nitrogen and oxygen atoms in total. The number of morpholine rings is 1. The molecule has 1 saturated heterocycles. The maximum Gasteiger partial charge on any atom is 0.267 e. The van der Waals surface area contributed by atoms with Crippen LogP contribution in [-0.4, -0.2) is 55.4 Å². The van der Waals surface area contributed by atoms with Crippen molar-refractivity contribution in [3.63, 3.8) is 0 Å². The molecule has 7 heteroatoms. The molecule has 0 bridgehead atoms. The first kappa shape index (κ1) is 23.4. The number of aromatic nitrogens is 2. The van der Waals surface area contributed by atoms with Gasteiger partial charge in [0.15, 0.2) is 0 Å². The van der Waals surface area contributed by atoms with Crippen LogP contribution in [0.25, 0.3) is 22.4 Å². The standard InChI is InChI=1S/C28H34N4O3/c1-28(2,3)18-30-27(33)24-16-22(20-6-5-8-29-17-20)26-21-15-23(31-10-12-35-13-11-31)25(34-4)14-19(21)7-9-32(24)26/h5-6,8,14-17H,7,9-13,18H2,1-4H3,(H,30,33). The Morgan fingerprint density at radius 3 is 2.63 bits per heavy atom. The number of methoxy groups -OCH3 is 1. The van der Waals surface area contributed by atoms with Crippen molar-refractivity contribution in [3.8, 4) is 28.1 Å². The number of pyridine rings is 1. The van der Waals surface area contributed by atoms with Crippen LogP contribution in [0.1, 0.15) is 36.8 Å². The van der Waals surface area contributed by atoms with E-state index in [2.05, 4.69) is 58.7 Å². The van der Waals surface area contributed by atoms with Crippen molar-refractivity contribution in [1.29, 1.82) is 0 Å². The van der Waals surface area contributed by atoms with E-state index in [4.69, 9.17) is 9.47 Å². The Hall–Kier alpha value is -3.32. The van der Waals surface area contributed by atoms with Gasteiger partial charge < -0.3 is 24.3 Å². The lowest BCUT2D eigenvalue weighted by atomic mass is 9.93. The first-order valence-corrected chi connectivity index (χ1v) is 12.3. The highest BCUT2D eigenvalue weighted by Gasteiger charge is 2.29. The number of aryl methyl sites for hydroxylation is 1. The number of hydrogen-bond donors (Lipinski definition) is 1. The van der Waals surface area contributed by atoms with E-state index in [1.165, 1.54) is 5.56 Å². The van der Waals surface area contributed by atoms with Crippen molar-refractivity contribution < 1.29 is 14.3 Å². The van der Waals surface area contributed by atoms with Gasteiger partial charge in [-0.05, 0) is 41.7 Å². The summed E-state index contributed by atoms with van der Waals surface area (Å²) >= 11 is 0. The van der Waals surface area contributed by atoms with E-state index < -0.39 is 0 Å². The van der Waals surface area contributed by atoms with Gasteiger partial charge in [-0.3, -0.25) is 9.78 Å². The molecule has 1 fully saturated rings. The third-order valence-electron chi connectivity index (χ3n) is 6.70. The Balaban J connectivity index is 1.65. The fraction of sp³-hybridized carbons (Fsp3) is 0.429. The molecule has 2 aliphatic heterocycles. The summed E-state index contributed by atoms with van der Waals surface area (Å²) in [6, 6.07) is 10.4. The molecule has 0 saturated carbocycles. The minimum Gasteiger partial charge on any atom is -0.495 e. The number of hydrogen-bond acceptors (Lipinski definition) is 5. The maximum absolute atomic E-state index is 13.3. The summed E-state index contributed by atoms with van der Waals surface area (Å²) in [4.78, 5) is 20.0. The number of ether oxygens (including phenoxy) is 2. The summed E-state index contributed by atoms with van der Waals surface area (Å²) in [5.74, 6) is 0.846. The molecule has 1 aromatic carbocycles. The Morgan fingerprint density at radius 2 is 1.94 bits per heavy atom. The van der Waals surface area contributed by atoms with Crippen molar-refractivity contribution in [2.75, 3.05) is 44.9 Å². The minimum absolute atomic E-state index is 0.00930. The number of rotatable bonds is 5. The molecule has 5 rings (SSSR count). The van der Waals surface area contributed by atoms with Gasteiger partial charge in [0.1, 0.15) is 11.4 Å². The fourth-order valence-corrected chi connectivity index (χ4v) is 4.92. The third kappa shape index (κ3) is 4.65. The monoisotopic (exact) mass is 474 g/mol. The maximum atomic E-state index is 13.3. The van der Waals surface area contributed by atoms with Crippen LogP contribution in [-0.2, 0) is 17.7 Å². The van der Waals surface area contributed by atoms with Gasteiger partial charge >= 0.3 is 0 Å². The second-order valence-electron chi connectivity index (χ2n) is 10.5. The van der Waals surface area contributed by atoms with Crippen molar-refractivity contribution >= 4 is 11.6 Å². The van der Waals surface area contributed by atoms with E-state index in [9.17, 15) is 4.79 Å². The highest BCUT2D eigenvalue weighted by Crippen LogP contribution is 2.44. The molecular weight excluding hydrogens is 440 g/mol. The largest absolute Gasteiger partial charge is 0.495 e. The molecule has 35 heavy (non-hydrogen) atoms. The van der Waals surface area contributed by atoms with Crippen LogP contribution in [0.5, 0.6) is 5.75 Å². The number of carbonyl (C=O) groups is 1. The van der Waals surface area contributed by atoms with Crippen LogP contribution >= 0.6 is 0 Å². The molecule has 3 aromatic rings. The molecule has 1 N–H and O–H groups in total. The molecular formula is C28H34N4O3. The van der Waals surface area contributed by atoms with E-state index in [1.54, 1.807) is 13.3 Å². The van der Waals surface area contributed by atoms with Crippen molar-refractivity contribution in [3.05, 3.63) is 54.0 Å². The average Bonchev–Trinajstić information content (AvgIpc) is 3.27. The number of nitrogens with one attached hydrogen (secondary N) is 1. The van der Waals surface area contributed by atoms with Gasteiger partial charge in [-0.15, -0.1) is 0 Å². The van der Waals surface area contributed by atoms with Gasteiger partial charge in [-0.1, -0.05) is 26.8 Å². The van der Waals surface area contributed by atoms with Crippen LogP contribution in [0, 0.1) is 5.41 Å². The molecule has 0 aliphatic carbocycles. The molecule has 0 atom stereocenters. The number of nitrogens with zero attached hydrogens (tertiary/aromatic N) is 3. The smallest absolute Gasteiger partial charge is 0.267 e. The fourth-order valence-electron chi connectivity index (χ4n) is 4.92. The van der Waals surface area contributed by atoms with Gasteiger partial charge in [0.2, 0.25) is 0 Å². The number of benzene rings is 1. The number of anilines is 1. The molecule has 1 amide bonds. The molecule has 0 unspecified atom stereocenters. The van der Waals surface area contributed by atoms with E-state index in [0.29, 0.717) is 25.5 Å². The molecule has 0 spiro atoms. The van der Waals surface area contributed by atoms with Gasteiger partial charge in [0, 0.05) is 55.3 Å². The highest BCUT2D eigenvalue weighted by molar-refractivity contribution is 5.98. The predicted octanol–water partition coefficient (Wildman–Crippen LogP) is 4.39. The first-order chi connectivity index (χ1) is 16.9. The van der Waals surface area contributed by atoms with E-state index in [-0.39, 0.29) is 11.3 Å².